The molecule has 1 aromatic heterocycles. The van der Waals surface area contributed by atoms with Gasteiger partial charge in [-0.25, -0.2) is 14.7 Å². The maximum absolute atomic E-state index is 11.7. The van der Waals surface area contributed by atoms with E-state index in [0.717, 1.165) is 9.91 Å². The lowest BCUT2D eigenvalue weighted by Gasteiger charge is -2.09. The molecule has 9 heteroatoms. The molecule has 0 aromatic carbocycles. The second-order valence-electron chi connectivity index (χ2n) is 4.14. The molecule has 0 spiro atoms. The fourth-order valence-corrected chi connectivity index (χ4v) is 1.79. The van der Waals surface area contributed by atoms with Gasteiger partial charge in [0, 0.05) is 6.92 Å². The largest absolute Gasteiger partial charge is 0.458 e. The van der Waals surface area contributed by atoms with Crippen molar-refractivity contribution in [3.05, 3.63) is 23.7 Å². The Labute approximate surface area is 124 Å². The van der Waals surface area contributed by atoms with E-state index in [1.165, 1.54) is 13.1 Å². The van der Waals surface area contributed by atoms with Crippen LogP contribution >= 0.6 is 11.6 Å². The van der Waals surface area contributed by atoms with Crippen LogP contribution in [0.3, 0.4) is 0 Å². The number of hydrazone groups is 1. The van der Waals surface area contributed by atoms with Crippen LogP contribution < -0.4 is 0 Å². The molecular formula is C12H12ClN3O5. The Balaban J connectivity index is 1.94. The molecule has 0 radical (unpaired) electrons. The lowest BCUT2D eigenvalue weighted by atomic mass is 10.4. The van der Waals surface area contributed by atoms with Crippen molar-refractivity contribution in [3.8, 4) is 0 Å². The van der Waals surface area contributed by atoms with Gasteiger partial charge in [-0.2, -0.15) is 5.10 Å². The molecule has 0 unspecified atom stereocenters. The molecule has 2 heterocycles. The summed E-state index contributed by atoms with van der Waals surface area (Å²) < 4.78 is 10.1. The van der Waals surface area contributed by atoms with Crippen LogP contribution in [-0.4, -0.2) is 46.6 Å². The number of amides is 3. The highest BCUT2D eigenvalue weighted by Crippen LogP contribution is 2.12. The monoisotopic (exact) mass is 313 g/mol. The average Bonchev–Trinajstić information content (AvgIpc) is 3.01. The normalized spacial score (nSPS) is 15.0. The summed E-state index contributed by atoms with van der Waals surface area (Å²) in [7, 11) is 0. The molecular weight excluding hydrogens is 302 g/mol. The zero-order chi connectivity index (χ0) is 15.4. The van der Waals surface area contributed by atoms with Crippen LogP contribution in [0.1, 0.15) is 18.4 Å². The summed E-state index contributed by atoms with van der Waals surface area (Å²) in [5.74, 6) is 0.438. The van der Waals surface area contributed by atoms with E-state index in [1.807, 2.05) is 0 Å². The molecule has 8 nitrogen and oxygen atoms in total. The minimum absolute atomic E-state index is 0.0281. The number of esters is 1. The molecule has 1 saturated heterocycles. The summed E-state index contributed by atoms with van der Waals surface area (Å²) in [6.07, 6.45) is 1.33. The number of urea groups is 1. The fraction of sp³-hybridized carbons (Fsp3) is 0.333. The highest BCUT2D eigenvalue weighted by atomic mass is 35.5. The van der Waals surface area contributed by atoms with Gasteiger partial charge in [-0.1, -0.05) is 0 Å². The van der Waals surface area contributed by atoms with E-state index in [2.05, 4.69) is 5.10 Å². The topological polar surface area (TPSA) is 92.4 Å². The maximum Gasteiger partial charge on any atom is 0.348 e. The lowest BCUT2D eigenvalue weighted by molar-refractivity contribution is -0.142. The van der Waals surface area contributed by atoms with Crippen LogP contribution in [0, 0.1) is 0 Å². The summed E-state index contributed by atoms with van der Waals surface area (Å²) >= 11 is 5.25. The Bertz CT molecular complexity index is 597. The number of rotatable bonds is 4. The third-order valence-corrected chi connectivity index (χ3v) is 2.83. The van der Waals surface area contributed by atoms with E-state index in [-0.39, 0.29) is 19.7 Å². The van der Waals surface area contributed by atoms with Crippen molar-refractivity contribution in [1.82, 2.24) is 9.91 Å². The van der Waals surface area contributed by atoms with E-state index >= 15 is 0 Å². The summed E-state index contributed by atoms with van der Waals surface area (Å²) in [6, 6.07) is 2.66. The van der Waals surface area contributed by atoms with Crippen LogP contribution in [-0.2, 0) is 16.1 Å². The zero-order valence-electron chi connectivity index (χ0n) is 11.1. The number of hydrogen-bond donors (Lipinski definition) is 0. The number of carbonyl (C=O) groups excluding carboxylic acids is 3. The predicted octanol–water partition coefficient (Wildman–Crippen LogP) is 1.77. The van der Waals surface area contributed by atoms with Gasteiger partial charge in [0.15, 0.2) is 0 Å². The van der Waals surface area contributed by atoms with Crippen LogP contribution in [0.4, 0.5) is 9.59 Å². The van der Waals surface area contributed by atoms with E-state index in [9.17, 15) is 14.4 Å². The van der Waals surface area contributed by atoms with Gasteiger partial charge >= 0.3 is 17.4 Å². The molecule has 21 heavy (non-hydrogen) atoms. The Kier molecular flexibility index (Phi) is 4.59. The summed E-state index contributed by atoms with van der Waals surface area (Å²) in [5, 5.41) is 4.19. The van der Waals surface area contributed by atoms with Crippen molar-refractivity contribution >= 4 is 35.2 Å². The van der Waals surface area contributed by atoms with Gasteiger partial charge in [-0.3, -0.25) is 9.59 Å². The zero-order valence-corrected chi connectivity index (χ0v) is 11.9. The number of nitrogens with zero attached hydrogens (tertiary/aromatic N) is 3. The first-order valence-electron chi connectivity index (χ1n) is 6.02. The van der Waals surface area contributed by atoms with E-state index in [1.54, 1.807) is 12.1 Å². The predicted molar refractivity (Wildman–Crippen MR) is 71.8 cm³/mol. The number of carbonyl (C=O) groups is 3. The molecule has 0 bridgehead atoms. The van der Waals surface area contributed by atoms with Gasteiger partial charge in [0.05, 0.1) is 19.3 Å². The molecule has 1 fully saturated rings. The van der Waals surface area contributed by atoms with Crippen LogP contribution in [0.5, 0.6) is 0 Å². The summed E-state index contributed by atoms with van der Waals surface area (Å²) in [5.41, 5.74) is 0. The molecule has 3 amide bonds. The van der Waals surface area contributed by atoms with Gasteiger partial charge in [0.1, 0.15) is 18.1 Å². The maximum atomic E-state index is 11.7. The average molecular weight is 314 g/mol. The summed E-state index contributed by atoms with van der Waals surface area (Å²) in [4.78, 5) is 34.2. The molecule has 0 aliphatic carbocycles. The quantitative estimate of drug-likeness (QED) is 0.365. The Morgan fingerprint density at radius 1 is 1.48 bits per heavy atom. The third kappa shape index (κ3) is 3.82. The van der Waals surface area contributed by atoms with E-state index < -0.39 is 17.4 Å². The van der Waals surface area contributed by atoms with E-state index in [4.69, 9.17) is 20.8 Å². The first-order chi connectivity index (χ1) is 9.97. The lowest BCUT2D eigenvalue weighted by Crippen LogP contribution is -2.30. The minimum Gasteiger partial charge on any atom is -0.458 e. The van der Waals surface area contributed by atoms with Crippen LogP contribution in [0.2, 0.25) is 0 Å². The Morgan fingerprint density at radius 2 is 2.24 bits per heavy atom. The highest BCUT2D eigenvalue weighted by Gasteiger charge is 2.32. The smallest absolute Gasteiger partial charge is 0.348 e. The molecule has 1 aromatic rings. The van der Waals surface area contributed by atoms with Crippen molar-refractivity contribution in [2.24, 2.45) is 5.10 Å². The minimum atomic E-state index is -0.834. The second kappa shape index (κ2) is 6.40. The van der Waals surface area contributed by atoms with Crippen molar-refractivity contribution in [1.29, 1.82) is 0 Å². The SMILES string of the molecule is CC(=O)OCc1ccc(C=NN2CCN(C(=O)Cl)C2=O)o1. The second-order valence-corrected chi connectivity index (χ2v) is 4.46. The van der Waals surface area contributed by atoms with Crippen molar-refractivity contribution in [3.63, 3.8) is 0 Å². The van der Waals surface area contributed by atoms with Gasteiger partial charge in [0.25, 0.3) is 0 Å². The fourth-order valence-electron chi connectivity index (χ4n) is 1.64. The van der Waals surface area contributed by atoms with Crippen molar-refractivity contribution < 1.29 is 23.5 Å². The first-order valence-corrected chi connectivity index (χ1v) is 6.39. The van der Waals surface area contributed by atoms with Crippen molar-refractivity contribution in [2.45, 2.75) is 13.5 Å². The van der Waals surface area contributed by atoms with Gasteiger partial charge in [-0.05, 0) is 23.7 Å². The first kappa shape index (κ1) is 15.0. The molecule has 1 aliphatic rings. The number of halogens is 1. The molecule has 2 rings (SSSR count). The Morgan fingerprint density at radius 3 is 2.86 bits per heavy atom. The molecule has 0 N–H and O–H groups in total. The molecule has 0 atom stereocenters. The molecule has 0 saturated carbocycles. The Hall–Kier alpha value is -2.35. The molecule has 1 aliphatic heterocycles. The van der Waals surface area contributed by atoms with Crippen LogP contribution in [0.25, 0.3) is 0 Å². The molecule has 112 valence electrons. The van der Waals surface area contributed by atoms with Crippen molar-refractivity contribution in [2.75, 3.05) is 13.1 Å². The highest BCUT2D eigenvalue weighted by molar-refractivity contribution is 6.64. The number of hydrogen-bond acceptors (Lipinski definition) is 6. The van der Waals surface area contributed by atoms with Gasteiger partial charge in [-0.15, -0.1) is 0 Å². The van der Waals surface area contributed by atoms with Gasteiger partial charge < -0.3 is 9.15 Å². The van der Waals surface area contributed by atoms with E-state index in [0.29, 0.717) is 11.5 Å². The number of imide groups is 1. The number of furan rings is 1. The summed E-state index contributed by atoms with van der Waals surface area (Å²) in [6.45, 7) is 1.78. The standard InChI is InChI=1S/C12H12ClN3O5/c1-8(17)20-7-10-3-2-9(21-10)6-14-16-5-4-15(11(13)18)12(16)19/h2-3,6H,4-5,7H2,1H3. The number of ether oxygens (including phenoxy) is 1. The van der Waals surface area contributed by atoms with Crippen LogP contribution in [0.15, 0.2) is 21.7 Å². The third-order valence-electron chi connectivity index (χ3n) is 2.62. The van der Waals surface area contributed by atoms with Gasteiger partial charge in [0.2, 0.25) is 0 Å².